The number of fused-ring (bicyclic) bond motifs is 1. The van der Waals surface area contributed by atoms with E-state index in [1.807, 2.05) is 48.9 Å². The van der Waals surface area contributed by atoms with Crippen molar-refractivity contribution in [3.63, 3.8) is 0 Å². The van der Waals surface area contributed by atoms with Gasteiger partial charge >= 0.3 is 12.1 Å². The van der Waals surface area contributed by atoms with Crippen molar-refractivity contribution in [2.75, 3.05) is 26.4 Å². The Kier molecular flexibility index (Phi) is 11.6. The smallest absolute Gasteiger partial charge is 0.409 e. The fourth-order valence-electron chi connectivity index (χ4n) is 4.77. The molecule has 0 radical (unpaired) electrons. The summed E-state index contributed by atoms with van der Waals surface area (Å²) in [7, 11) is 3.40. The van der Waals surface area contributed by atoms with Gasteiger partial charge in [-0.15, -0.1) is 0 Å². The Bertz CT molecular complexity index is 1170. The van der Waals surface area contributed by atoms with Crippen LogP contribution in [0.15, 0.2) is 30.3 Å². The number of amides is 1. The van der Waals surface area contributed by atoms with E-state index in [1.54, 1.807) is 12.0 Å². The minimum Gasteiger partial charge on any atom is -0.468 e. The minimum atomic E-state index is -0.293. The van der Waals surface area contributed by atoms with E-state index < -0.39 is 0 Å². The number of anilines is 1. The van der Waals surface area contributed by atoms with Gasteiger partial charge in [0.2, 0.25) is 0 Å². The number of aromatic nitrogens is 4. The lowest BCUT2D eigenvalue weighted by molar-refractivity contribution is 0.0979. The van der Waals surface area contributed by atoms with Crippen LogP contribution < -0.4 is 15.2 Å². The van der Waals surface area contributed by atoms with E-state index >= 15 is 0 Å². The first kappa shape index (κ1) is 30.0. The first-order valence-electron chi connectivity index (χ1n) is 14.0. The summed E-state index contributed by atoms with van der Waals surface area (Å²) >= 11 is 0. The van der Waals surface area contributed by atoms with Gasteiger partial charge < -0.3 is 24.8 Å². The molecule has 10 heteroatoms. The van der Waals surface area contributed by atoms with E-state index in [1.165, 1.54) is 0 Å². The lowest BCUT2D eigenvalue weighted by atomic mass is 9.96. The number of nitrogen functional groups attached to an aromatic ring is 1. The van der Waals surface area contributed by atoms with E-state index in [2.05, 4.69) is 28.8 Å². The van der Waals surface area contributed by atoms with Crippen molar-refractivity contribution >= 4 is 23.1 Å². The SMILES string of the molecule is CCCC(CCCCn1c(OC)nc2c(N)nc(O[C@@H](C)CCC)nc21)CN(C)C(=O)OCc1ccccc1. The summed E-state index contributed by atoms with van der Waals surface area (Å²) < 4.78 is 18.9. The molecule has 0 spiro atoms. The zero-order chi connectivity index (χ0) is 28.2. The summed E-state index contributed by atoms with van der Waals surface area (Å²) in [6.45, 7) is 7.90. The number of carbonyl (C=O) groups excluding carboxylic acids is 1. The van der Waals surface area contributed by atoms with Crippen LogP contribution >= 0.6 is 0 Å². The molecule has 2 atom stereocenters. The van der Waals surface area contributed by atoms with Gasteiger partial charge in [0.15, 0.2) is 17.0 Å². The number of nitrogens with two attached hydrogens (primary N) is 1. The fourth-order valence-corrected chi connectivity index (χ4v) is 4.77. The largest absolute Gasteiger partial charge is 0.468 e. The molecule has 1 aromatic carbocycles. The molecular formula is C29H44N6O4. The molecule has 2 aromatic heterocycles. The van der Waals surface area contributed by atoms with Gasteiger partial charge in [-0.3, -0.25) is 4.57 Å². The molecule has 3 rings (SSSR count). The molecule has 3 aromatic rings. The maximum Gasteiger partial charge on any atom is 0.409 e. The number of methoxy groups -OCH3 is 1. The summed E-state index contributed by atoms with van der Waals surface area (Å²) in [5, 5.41) is 0. The highest BCUT2D eigenvalue weighted by atomic mass is 16.6. The van der Waals surface area contributed by atoms with Crippen LogP contribution in [0.25, 0.3) is 11.2 Å². The first-order chi connectivity index (χ1) is 18.9. The molecule has 0 aliphatic heterocycles. The first-order valence-corrected chi connectivity index (χ1v) is 14.0. The van der Waals surface area contributed by atoms with Gasteiger partial charge in [0, 0.05) is 20.1 Å². The number of rotatable bonds is 16. The van der Waals surface area contributed by atoms with Gasteiger partial charge in [-0.1, -0.05) is 63.4 Å². The predicted octanol–water partition coefficient (Wildman–Crippen LogP) is 5.84. The number of benzene rings is 1. The zero-order valence-corrected chi connectivity index (χ0v) is 24.1. The van der Waals surface area contributed by atoms with Crippen molar-refractivity contribution in [3.05, 3.63) is 35.9 Å². The summed E-state index contributed by atoms with van der Waals surface area (Å²) in [5.41, 5.74) is 8.30. The van der Waals surface area contributed by atoms with E-state index in [9.17, 15) is 4.79 Å². The highest BCUT2D eigenvalue weighted by Crippen LogP contribution is 2.27. The van der Waals surface area contributed by atoms with Crippen molar-refractivity contribution in [2.24, 2.45) is 5.92 Å². The molecule has 39 heavy (non-hydrogen) atoms. The quantitative estimate of drug-likeness (QED) is 0.225. The Hall–Kier alpha value is -3.56. The van der Waals surface area contributed by atoms with Crippen molar-refractivity contribution in [3.8, 4) is 12.0 Å². The molecule has 1 amide bonds. The standard InChI is InChI=1S/C29H44N6O4/c1-6-13-21(3)39-27-32-25(30)24-26(33-27)35(28(31-24)37-5)18-12-11-15-22(14-7-2)19-34(4)29(36)38-20-23-16-9-8-10-17-23/h8-10,16-17,21-22H,6-7,11-15,18-20H2,1-5H3,(H2,30,32,33)/t21-,22?/m0/s1. The van der Waals surface area contributed by atoms with Gasteiger partial charge in [0.1, 0.15) is 6.61 Å². The van der Waals surface area contributed by atoms with Crippen molar-refractivity contribution in [2.45, 2.75) is 85.0 Å². The van der Waals surface area contributed by atoms with Crippen LogP contribution in [0.4, 0.5) is 10.6 Å². The van der Waals surface area contributed by atoms with E-state index in [4.69, 9.17) is 19.9 Å². The summed E-state index contributed by atoms with van der Waals surface area (Å²) in [6.07, 6.45) is 6.61. The third-order valence-corrected chi connectivity index (χ3v) is 6.74. The van der Waals surface area contributed by atoms with E-state index in [-0.39, 0.29) is 30.6 Å². The molecule has 1 unspecified atom stereocenters. The molecule has 2 heterocycles. The fraction of sp³-hybridized carbons (Fsp3) is 0.586. The predicted molar refractivity (Wildman–Crippen MR) is 153 cm³/mol. The van der Waals surface area contributed by atoms with Crippen LogP contribution in [0.1, 0.15) is 71.3 Å². The van der Waals surface area contributed by atoms with Crippen molar-refractivity contribution in [1.29, 1.82) is 0 Å². The van der Waals surface area contributed by atoms with Gasteiger partial charge in [-0.25, -0.2) is 4.79 Å². The van der Waals surface area contributed by atoms with Gasteiger partial charge in [-0.05, 0) is 44.1 Å². The van der Waals surface area contributed by atoms with Crippen LogP contribution in [0.2, 0.25) is 0 Å². The number of hydrogen-bond donors (Lipinski definition) is 1. The number of ether oxygens (including phenoxy) is 3. The maximum absolute atomic E-state index is 12.5. The average Bonchev–Trinajstić information content (AvgIpc) is 3.28. The molecular weight excluding hydrogens is 496 g/mol. The Morgan fingerprint density at radius 3 is 2.49 bits per heavy atom. The van der Waals surface area contributed by atoms with Crippen LogP contribution in [0.3, 0.4) is 0 Å². The van der Waals surface area contributed by atoms with Gasteiger partial charge in [-0.2, -0.15) is 15.0 Å². The highest BCUT2D eigenvalue weighted by Gasteiger charge is 2.20. The summed E-state index contributed by atoms with van der Waals surface area (Å²) in [6, 6.07) is 10.4. The molecule has 2 N–H and O–H groups in total. The van der Waals surface area contributed by atoms with E-state index in [0.29, 0.717) is 36.2 Å². The van der Waals surface area contributed by atoms with Crippen molar-refractivity contribution < 1.29 is 19.0 Å². The topological polar surface area (TPSA) is 118 Å². The lowest BCUT2D eigenvalue weighted by Gasteiger charge is -2.23. The molecule has 0 saturated carbocycles. The Balaban J connectivity index is 1.57. The number of unbranched alkanes of at least 4 members (excludes halogenated alkanes) is 1. The van der Waals surface area contributed by atoms with Crippen molar-refractivity contribution in [1.82, 2.24) is 24.4 Å². The molecule has 0 saturated heterocycles. The lowest BCUT2D eigenvalue weighted by Crippen LogP contribution is -2.32. The second kappa shape index (κ2) is 15.1. The zero-order valence-electron chi connectivity index (χ0n) is 24.1. The molecule has 0 bridgehead atoms. The van der Waals surface area contributed by atoms with Crippen LogP contribution in [-0.2, 0) is 17.9 Å². The number of nitrogens with zero attached hydrogens (tertiary/aromatic N) is 5. The molecule has 0 aliphatic carbocycles. The average molecular weight is 541 g/mol. The molecule has 0 aliphatic rings. The number of carbonyl (C=O) groups is 1. The Labute approximate surface area is 231 Å². The monoisotopic (exact) mass is 540 g/mol. The maximum atomic E-state index is 12.5. The molecule has 0 fully saturated rings. The number of imidazole rings is 1. The molecule has 10 nitrogen and oxygen atoms in total. The minimum absolute atomic E-state index is 0.00522. The van der Waals surface area contributed by atoms with Gasteiger partial charge in [0.05, 0.1) is 13.2 Å². The summed E-state index contributed by atoms with van der Waals surface area (Å²) in [4.78, 5) is 27.7. The normalized spacial score (nSPS) is 12.7. The Morgan fingerprint density at radius 2 is 1.79 bits per heavy atom. The van der Waals surface area contributed by atoms with Gasteiger partial charge in [0.25, 0.3) is 6.01 Å². The highest BCUT2D eigenvalue weighted by molar-refractivity contribution is 5.83. The van der Waals surface area contributed by atoms with Crippen LogP contribution in [0.5, 0.6) is 12.0 Å². The second-order valence-corrected chi connectivity index (χ2v) is 10.1. The van der Waals surface area contributed by atoms with Crippen LogP contribution in [0, 0.1) is 5.92 Å². The second-order valence-electron chi connectivity index (χ2n) is 10.1. The third-order valence-electron chi connectivity index (χ3n) is 6.74. The number of aryl methyl sites for hydroxylation is 1. The van der Waals surface area contributed by atoms with Crippen LogP contribution in [-0.4, -0.2) is 57.3 Å². The third kappa shape index (κ3) is 8.73. The summed E-state index contributed by atoms with van der Waals surface area (Å²) in [5.74, 6) is 0.671. The Morgan fingerprint density at radius 1 is 1.05 bits per heavy atom. The van der Waals surface area contributed by atoms with E-state index in [0.717, 1.165) is 50.5 Å². The number of hydrogen-bond acceptors (Lipinski definition) is 8. The molecule has 214 valence electrons.